The summed E-state index contributed by atoms with van der Waals surface area (Å²) < 4.78 is 41.4. The van der Waals surface area contributed by atoms with Gasteiger partial charge in [0.1, 0.15) is 0 Å². The van der Waals surface area contributed by atoms with E-state index >= 15 is 0 Å². The molecule has 0 aliphatic carbocycles. The highest BCUT2D eigenvalue weighted by Crippen LogP contribution is 2.23. The summed E-state index contributed by atoms with van der Waals surface area (Å²) in [6, 6.07) is 4.72. The highest BCUT2D eigenvalue weighted by molar-refractivity contribution is 5.81. The Bertz CT molecular complexity index is 679. The topological polar surface area (TPSA) is 46.3 Å². The number of hydrogen-bond acceptors (Lipinski definition) is 4. The van der Waals surface area contributed by atoms with E-state index < -0.39 is 18.2 Å². The minimum absolute atomic E-state index is 0.181. The minimum atomic E-state index is -4.21. The van der Waals surface area contributed by atoms with Crippen LogP contribution in [0.4, 0.5) is 18.9 Å². The predicted molar refractivity (Wildman–Crippen MR) is 69.0 cm³/mol. The van der Waals surface area contributed by atoms with E-state index in [0.717, 1.165) is 0 Å². The van der Waals surface area contributed by atoms with E-state index in [2.05, 4.69) is 4.98 Å². The molecule has 0 spiro atoms. The average molecular weight is 286 g/mol. The van der Waals surface area contributed by atoms with Crippen LogP contribution in [0.25, 0.3) is 10.9 Å². The molecule has 0 bridgehead atoms. The number of hydrogen-bond donors (Lipinski definition) is 0. The van der Waals surface area contributed by atoms with Crippen LogP contribution in [0, 0.1) is 6.92 Å². The normalized spacial score (nSPS) is 11.8. The van der Waals surface area contributed by atoms with Gasteiger partial charge in [-0.3, -0.25) is 0 Å². The van der Waals surface area contributed by atoms with E-state index in [1.165, 1.54) is 18.0 Å². The highest BCUT2D eigenvalue weighted by Gasteiger charge is 2.27. The van der Waals surface area contributed by atoms with Gasteiger partial charge in [-0.15, -0.1) is 0 Å². The van der Waals surface area contributed by atoms with Crippen molar-refractivity contribution in [1.82, 2.24) is 4.98 Å². The molecule has 0 N–H and O–H groups in total. The van der Waals surface area contributed by atoms with Gasteiger partial charge in [0, 0.05) is 26.2 Å². The molecule has 1 aromatic carbocycles. The monoisotopic (exact) mass is 286 g/mol. The van der Waals surface area contributed by atoms with Crippen molar-refractivity contribution in [2.24, 2.45) is 0 Å². The lowest BCUT2D eigenvalue weighted by Crippen LogP contribution is -2.24. The Morgan fingerprint density at radius 1 is 1.35 bits per heavy atom. The third kappa shape index (κ3) is 3.28. The Morgan fingerprint density at radius 3 is 2.70 bits per heavy atom. The number of halogens is 3. The number of nitrogens with zero attached hydrogens (tertiary/aromatic N) is 2. The zero-order chi connectivity index (χ0) is 14.9. The van der Waals surface area contributed by atoms with E-state index in [-0.39, 0.29) is 17.8 Å². The number of alkyl halides is 3. The van der Waals surface area contributed by atoms with Crippen LogP contribution in [0.5, 0.6) is 0 Å². The molecule has 0 aliphatic heterocycles. The summed E-state index contributed by atoms with van der Waals surface area (Å²) >= 11 is 0. The highest BCUT2D eigenvalue weighted by atomic mass is 19.4. The molecule has 1 aromatic heterocycles. The maximum Gasteiger partial charge on any atom is 0.390 e. The molecule has 2 aromatic rings. The first-order chi connectivity index (χ1) is 9.26. The molecule has 20 heavy (non-hydrogen) atoms. The quantitative estimate of drug-likeness (QED) is 0.870. The lowest BCUT2D eigenvalue weighted by molar-refractivity contribution is -0.132. The summed E-state index contributed by atoms with van der Waals surface area (Å²) in [5, 5.41) is 0.256. The van der Waals surface area contributed by atoms with Crippen LogP contribution in [0.15, 0.2) is 27.4 Å². The number of benzene rings is 1. The summed E-state index contributed by atoms with van der Waals surface area (Å²) in [6.07, 6.45) is -5.12. The Labute approximate surface area is 112 Å². The second kappa shape index (κ2) is 5.15. The summed E-state index contributed by atoms with van der Waals surface area (Å²) in [6.45, 7) is 1.38. The number of anilines is 1. The maximum absolute atomic E-state index is 12.2. The van der Waals surface area contributed by atoms with Gasteiger partial charge in [-0.25, -0.2) is 9.78 Å². The first-order valence-corrected chi connectivity index (χ1v) is 5.96. The zero-order valence-electron chi connectivity index (χ0n) is 11.0. The average Bonchev–Trinajstić information content (AvgIpc) is 2.34. The number of aryl methyl sites for hydroxylation is 1. The van der Waals surface area contributed by atoms with Crippen LogP contribution in [0.3, 0.4) is 0 Å². The van der Waals surface area contributed by atoms with E-state index in [9.17, 15) is 18.0 Å². The van der Waals surface area contributed by atoms with E-state index in [1.54, 1.807) is 19.1 Å². The fourth-order valence-electron chi connectivity index (χ4n) is 1.83. The molecule has 0 fully saturated rings. The lowest BCUT2D eigenvalue weighted by atomic mass is 10.2. The Balaban J connectivity index is 2.30. The van der Waals surface area contributed by atoms with Crippen molar-refractivity contribution in [2.45, 2.75) is 19.5 Å². The molecule has 1 heterocycles. The van der Waals surface area contributed by atoms with Gasteiger partial charge in [0.25, 0.3) is 0 Å². The van der Waals surface area contributed by atoms with Crippen molar-refractivity contribution in [3.05, 3.63) is 34.5 Å². The van der Waals surface area contributed by atoms with Crippen molar-refractivity contribution in [3.63, 3.8) is 0 Å². The Kier molecular flexibility index (Phi) is 3.69. The summed E-state index contributed by atoms with van der Waals surface area (Å²) in [7, 11) is 1.54. The van der Waals surface area contributed by atoms with Gasteiger partial charge in [0.15, 0.2) is 5.89 Å². The molecular weight excluding hydrogens is 273 g/mol. The largest absolute Gasteiger partial charge is 0.408 e. The minimum Gasteiger partial charge on any atom is -0.408 e. The van der Waals surface area contributed by atoms with Crippen LogP contribution >= 0.6 is 0 Å². The van der Waals surface area contributed by atoms with Gasteiger partial charge in [-0.05, 0) is 18.2 Å². The van der Waals surface area contributed by atoms with Gasteiger partial charge in [-0.2, -0.15) is 13.2 Å². The lowest BCUT2D eigenvalue weighted by Gasteiger charge is -2.20. The SMILES string of the molecule is Cc1nc2ccc(N(C)CCC(F)(F)F)cc2c(=O)o1. The number of aromatic nitrogens is 1. The Morgan fingerprint density at radius 2 is 2.05 bits per heavy atom. The molecule has 0 saturated heterocycles. The van der Waals surface area contributed by atoms with Crippen molar-refractivity contribution in [2.75, 3.05) is 18.5 Å². The molecule has 0 amide bonds. The van der Waals surface area contributed by atoms with Crippen molar-refractivity contribution < 1.29 is 17.6 Å². The second-order valence-corrected chi connectivity index (χ2v) is 4.51. The second-order valence-electron chi connectivity index (χ2n) is 4.51. The van der Waals surface area contributed by atoms with Gasteiger partial charge in [-0.1, -0.05) is 0 Å². The van der Waals surface area contributed by atoms with Gasteiger partial charge in [0.05, 0.1) is 17.3 Å². The molecule has 7 heteroatoms. The van der Waals surface area contributed by atoms with Crippen LogP contribution in [-0.2, 0) is 0 Å². The first kappa shape index (κ1) is 14.4. The van der Waals surface area contributed by atoms with Gasteiger partial charge < -0.3 is 9.32 Å². The molecule has 108 valence electrons. The molecular formula is C13H13F3N2O2. The molecule has 0 saturated carbocycles. The summed E-state index contributed by atoms with van der Waals surface area (Å²) in [5.74, 6) is 0.251. The van der Waals surface area contributed by atoms with Gasteiger partial charge in [0.2, 0.25) is 0 Å². The fourth-order valence-corrected chi connectivity index (χ4v) is 1.83. The summed E-state index contributed by atoms with van der Waals surface area (Å²) in [5.41, 5.74) is 0.435. The van der Waals surface area contributed by atoms with Crippen molar-refractivity contribution in [1.29, 1.82) is 0 Å². The Hall–Kier alpha value is -2.05. The number of rotatable bonds is 3. The van der Waals surface area contributed by atoms with Crippen LogP contribution in [-0.4, -0.2) is 24.8 Å². The molecule has 2 rings (SSSR count). The molecule has 0 atom stereocenters. The summed E-state index contributed by atoms with van der Waals surface area (Å²) in [4.78, 5) is 17.2. The standard InChI is InChI=1S/C13H13F3N2O2/c1-8-17-11-4-3-9(7-10(11)12(19)20-8)18(2)6-5-13(14,15)16/h3-4,7H,5-6H2,1-2H3. The van der Waals surface area contributed by atoms with Gasteiger partial charge >= 0.3 is 11.8 Å². The molecule has 0 radical (unpaired) electrons. The molecule has 0 aliphatic rings. The van der Waals surface area contributed by atoms with E-state index in [0.29, 0.717) is 11.2 Å². The maximum atomic E-state index is 12.2. The van der Waals surface area contributed by atoms with Crippen LogP contribution in [0.1, 0.15) is 12.3 Å². The third-order valence-corrected chi connectivity index (χ3v) is 2.89. The van der Waals surface area contributed by atoms with Crippen molar-refractivity contribution in [3.8, 4) is 0 Å². The smallest absolute Gasteiger partial charge is 0.390 e. The fraction of sp³-hybridized carbons (Fsp3) is 0.385. The van der Waals surface area contributed by atoms with E-state index in [4.69, 9.17) is 4.42 Å². The van der Waals surface area contributed by atoms with E-state index in [1.807, 2.05) is 0 Å². The first-order valence-electron chi connectivity index (χ1n) is 5.96. The number of fused-ring (bicyclic) bond motifs is 1. The third-order valence-electron chi connectivity index (χ3n) is 2.89. The molecule has 0 unspecified atom stereocenters. The van der Waals surface area contributed by atoms with Crippen molar-refractivity contribution >= 4 is 16.6 Å². The molecule has 4 nitrogen and oxygen atoms in total. The predicted octanol–water partition coefficient (Wildman–Crippen LogP) is 2.89. The van der Waals surface area contributed by atoms with Crippen LogP contribution in [0.2, 0.25) is 0 Å². The van der Waals surface area contributed by atoms with Crippen LogP contribution < -0.4 is 10.5 Å². The zero-order valence-corrected chi connectivity index (χ0v) is 11.0.